The van der Waals surface area contributed by atoms with Crippen LogP contribution in [0.1, 0.15) is 169 Å². The molecule has 0 aliphatic carbocycles. The van der Waals surface area contributed by atoms with Gasteiger partial charge in [-0.3, -0.25) is 57.5 Å². The second-order valence-electron chi connectivity index (χ2n) is 29.8. The van der Waals surface area contributed by atoms with Gasteiger partial charge in [0.25, 0.3) is 0 Å². The van der Waals surface area contributed by atoms with Gasteiger partial charge in [-0.05, 0) is 125 Å². The summed E-state index contributed by atoms with van der Waals surface area (Å²) in [5.41, 5.74) is 4.70. The zero-order valence-electron chi connectivity index (χ0n) is 64.3. The Bertz CT molecular complexity index is 2990. The third-order valence-electron chi connectivity index (χ3n) is 18.2. The van der Waals surface area contributed by atoms with Gasteiger partial charge in [-0.1, -0.05) is 115 Å². The van der Waals surface area contributed by atoms with Crippen LogP contribution in [0, 0.1) is 41.4 Å². The number of hydrogen-bond acceptors (Lipinski definition) is 16. The molecule has 28 nitrogen and oxygen atoms in total. The van der Waals surface area contributed by atoms with E-state index in [0.29, 0.717) is 12.0 Å². The summed E-state index contributed by atoms with van der Waals surface area (Å²) in [6.07, 6.45) is 3.12. The summed E-state index contributed by atoms with van der Waals surface area (Å²) in [6, 6.07) is -8.22. The number of phenols is 2. The largest absolute Gasteiger partial charge is 0.504 e. The monoisotopic (exact) mass is 1410 g/mol. The number of carboxylic acids is 1. The van der Waals surface area contributed by atoms with E-state index in [1.807, 2.05) is 61.5 Å². The Morgan fingerprint density at radius 3 is 1.44 bits per heavy atom. The second kappa shape index (κ2) is 40.5. The van der Waals surface area contributed by atoms with Gasteiger partial charge < -0.3 is 81.7 Å². The molecule has 0 aromatic heterocycles. The molecule has 2 rings (SSSR count). The molecule has 1 saturated heterocycles. The van der Waals surface area contributed by atoms with Gasteiger partial charge in [0.2, 0.25) is 65.0 Å². The van der Waals surface area contributed by atoms with Crippen LogP contribution < -0.4 is 27.0 Å². The number of phenolic OH excluding ortho intramolecular Hbond substituents is 2. The van der Waals surface area contributed by atoms with Crippen molar-refractivity contribution in [3.05, 3.63) is 35.9 Å². The quantitative estimate of drug-likeness (QED) is 0.0747. The summed E-state index contributed by atoms with van der Waals surface area (Å²) in [6.45, 7) is 30.7. The zero-order valence-corrected chi connectivity index (χ0v) is 64.3. The third-order valence-corrected chi connectivity index (χ3v) is 18.2. The van der Waals surface area contributed by atoms with Crippen molar-refractivity contribution in [1.29, 1.82) is 0 Å². The molecule has 1 aromatic carbocycles. The number of carbonyl (C=O) groups is 12. The highest BCUT2D eigenvalue weighted by Gasteiger charge is 2.46. The number of hydrogen-bond donors (Lipinski definition) is 9. The Kier molecular flexibility index (Phi) is 36.5. The summed E-state index contributed by atoms with van der Waals surface area (Å²) in [5, 5.41) is 50.1. The average Bonchev–Trinajstić information content (AvgIpc) is 0.801. The van der Waals surface area contributed by atoms with Crippen LogP contribution in [0.25, 0.3) is 0 Å². The molecule has 0 bridgehead atoms. The van der Waals surface area contributed by atoms with E-state index >= 15 is 9.59 Å². The lowest BCUT2D eigenvalue weighted by molar-refractivity contribution is -0.157. The van der Waals surface area contributed by atoms with Crippen LogP contribution in [0.15, 0.2) is 30.4 Å². The lowest BCUT2D eigenvalue weighted by atomic mass is 9.91. The summed E-state index contributed by atoms with van der Waals surface area (Å²) in [4.78, 5) is 179. The van der Waals surface area contributed by atoms with E-state index in [1.54, 1.807) is 54.5 Å². The standard InChI is InChI=1S/C62H111N11O12.C10H13NO4/c1-25-27-28-40(15)52(75)51-56(79)65-43(26-2)58(81)67(18)33-48(74)68(19)44(29-34(3)4)55(78)66-49(38(11)12)61(84)69(20)45(30-35(5)6)54(77)63-41(16)53(76)64-42(17)57(80)70(21)46(31-36(7)8)59(82)71(22)47(32-37(9)10)60(83)72(23)50(39(13)14)62(85)73(51)24;1-10(11,9(14)15)5-6-2-3-7(12)8(13)4-6/h25,27,34-47,49-52,75H,26,28-33H2,1-24H3,(H,63,77)(H,64,76)(H,65,79)(H,66,78);2-4,12-13H,5,11H2,1H3,(H,14,15). The van der Waals surface area contributed by atoms with Gasteiger partial charge in [-0.15, -0.1) is 0 Å². The second-order valence-corrected chi connectivity index (χ2v) is 29.8. The first-order valence-electron chi connectivity index (χ1n) is 34.9. The molecule has 13 unspecified atom stereocenters. The number of carboxylic acid groups (broad SMARTS) is 1. The van der Waals surface area contributed by atoms with E-state index < -0.39 is 167 Å². The fraction of sp³-hybridized carbons (Fsp3) is 0.722. The van der Waals surface area contributed by atoms with Crippen LogP contribution in [0.3, 0.4) is 0 Å². The van der Waals surface area contributed by atoms with E-state index in [9.17, 15) is 58.2 Å². The number of nitrogens with two attached hydrogens (primary N) is 1. The van der Waals surface area contributed by atoms with Gasteiger partial charge in [0.05, 0.1) is 12.6 Å². The number of rotatable bonds is 18. The highest BCUT2D eigenvalue weighted by Crippen LogP contribution is 2.28. The number of allylic oxidation sites excluding steroid dienone is 2. The van der Waals surface area contributed by atoms with E-state index in [0.717, 1.165) is 9.80 Å². The minimum absolute atomic E-state index is 0.0229. The third kappa shape index (κ3) is 25.9. The van der Waals surface area contributed by atoms with E-state index in [1.165, 1.54) is 113 Å². The minimum atomic E-state index is -1.61. The molecule has 1 aromatic rings. The molecule has 1 aliphatic heterocycles. The molecule has 28 heteroatoms. The van der Waals surface area contributed by atoms with Crippen molar-refractivity contribution in [2.75, 3.05) is 55.9 Å². The van der Waals surface area contributed by atoms with Gasteiger partial charge >= 0.3 is 5.97 Å². The predicted molar refractivity (Wildman–Crippen MR) is 382 cm³/mol. The molecule has 11 amide bonds. The molecule has 568 valence electrons. The molecule has 10 N–H and O–H groups in total. The maximum Gasteiger partial charge on any atom is 0.323 e. The molecular formula is C72H124N12O16. The molecule has 1 fully saturated rings. The summed E-state index contributed by atoms with van der Waals surface area (Å²) < 4.78 is 0. The van der Waals surface area contributed by atoms with Crippen LogP contribution in [0.4, 0.5) is 0 Å². The van der Waals surface area contributed by atoms with Gasteiger partial charge in [-0.2, -0.15) is 0 Å². The summed E-state index contributed by atoms with van der Waals surface area (Å²) >= 11 is 0. The van der Waals surface area contributed by atoms with E-state index in [2.05, 4.69) is 21.3 Å². The first kappa shape index (κ1) is 90.1. The lowest BCUT2D eigenvalue weighted by Gasteiger charge is -2.41. The first-order chi connectivity index (χ1) is 46.0. The van der Waals surface area contributed by atoms with Crippen molar-refractivity contribution >= 4 is 70.9 Å². The van der Waals surface area contributed by atoms with E-state index in [-0.39, 0.29) is 73.7 Å². The van der Waals surface area contributed by atoms with Crippen molar-refractivity contribution in [3.63, 3.8) is 0 Å². The van der Waals surface area contributed by atoms with E-state index in [4.69, 9.17) is 15.9 Å². The van der Waals surface area contributed by atoms with Gasteiger partial charge in [0, 0.05) is 55.8 Å². The fourth-order valence-electron chi connectivity index (χ4n) is 11.9. The topological polar surface area (TPSA) is 383 Å². The number of aliphatic hydroxyl groups is 1. The first-order valence-corrected chi connectivity index (χ1v) is 34.9. The Morgan fingerprint density at radius 2 is 0.990 bits per heavy atom. The number of likely N-dealkylation sites (N-methyl/N-ethyl adjacent to an activating group) is 7. The fourth-order valence-corrected chi connectivity index (χ4v) is 11.9. The number of carbonyl (C=O) groups excluding carboxylic acids is 11. The van der Waals surface area contributed by atoms with Crippen molar-refractivity contribution < 1.29 is 78.0 Å². The Hall–Kier alpha value is -7.88. The predicted octanol–water partition coefficient (Wildman–Crippen LogP) is 3.71. The van der Waals surface area contributed by atoms with Crippen LogP contribution in [-0.4, -0.2) is 254 Å². The van der Waals surface area contributed by atoms with Crippen LogP contribution in [0.2, 0.25) is 0 Å². The number of amides is 11. The molecular weight excluding hydrogens is 1290 g/mol. The van der Waals surface area contributed by atoms with Gasteiger partial charge in [0.15, 0.2) is 11.5 Å². The SMILES string of the molecule is CC(N)(Cc1ccc(O)c(O)c1)C(=O)O.CC=CCC(C)C(O)C1C(=O)NC(CC)C(=O)N(C)CC(=O)N(C)C(CC(C)C)C(=O)NC(C(C)C)C(=O)N(C)C(CC(C)C)C(=O)NC(C)C(=O)NC(C)C(=O)N(C)C(CC(C)C)C(=O)N(C)C(CC(C)C)C(=O)N(C)C(C(C)C)C(=O)N1C. The highest BCUT2D eigenvalue weighted by atomic mass is 16.4. The minimum Gasteiger partial charge on any atom is -0.504 e. The molecule has 1 aliphatic rings. The van der Waals surface area contributed by atoms with Crippen LogP contribution in [-0.2, 0) is 64.0 Å². The Labute approximate surface area is 594 Å². The number of nitrogens with one attached hydrogen (secondary N) is 4. The van der Waals surface area contributed by atoms with Gasteiger partial charge in [-0.25, -0.2) is 0 Å². The molecule has 1 heterocycles. The molecule has 0 radical (unpaired) electrons. The van der Waals surface area contributed by atoms with Crippen LogP contribution in [0.5, 0.6) is 11.5 Å². The highest BCUT2D eigenvalue weighted by molar-refractivity contribution is 5.99. The molecule has 0 spiro atoms. The van der Waals surface area contributed by atoms with Crippen molar-refractivity contribution in [2.24, 2.45) is 47.2 Å². The summed E-state index contributed by atoms with van der Waals surface area (Å²) in [7, 11) is 9.92. The average molecular weight is 1410 g/mol. The molecule has 0 saturated carbocycles. The number of aliphatic hydroxyl groups excluding tert-OH is 1. The van der Waals surface area contributed by atoms with Crippen molar-refractivity contribution in [2.45, 2.75) is 242 Å². The number of aromatic hydroxyl groups is 2. The smallest absolute Gasteiger partial charge is 0.323 e. The number of nitrogens with zero attached hydrogens (tertiary/aromatic N) is 7. The number of aliphatic carboxylic acids is 1. The van der Waals surface area contributed by atoms with Gasteiger partial charge in [0.1, 0.15) is 66.0 Å². The maximum absolute atomic E-state index is 15.1. The summed E-state index contributed by atoms with van der Waals surface area (Å²) in [5.74, 6) is -11.3. The van der Waals surface area contributed by atoms with Crippen molar-refractivity contribution in [1.82, 2.24) is 55.6 Å². The molecule has 100 heavy (non-hydrogen) atoms. The Balaban J connectivity index is 0.00000292. The van der Waals surface area contributed by atoms with Crippen LogP contribution >= 0.6 is 0 Å². The normalized spacial score (nSPS) is 25.1. The number of benzene rings is 1. The lowest BCUT2D eigenvalue weighted by Crippen LogP contribution is -2.63. The maximum atomic E-state index is 15.1. The zero-order chi connectivity index (χ0) is 77.6. The molecule has 13 atom stereocenters. The van der Waals surface area contributed by atoms with Crippen molar-refractivity contribution in [3.8, 4) is 11.5 Å². The Morgan fingerprint density at radius 1 is 0.550 bits per heavy atom.